The predicted molar refractivity (Wildman–Crippen MR) is 85.2 cm³/mol. The van der Waals surface area contributed by atoms with Gasteiger partial charge in [-0.05, 0) is 40.6 Å². The van der Waals surface area contributed by atoms with Crippen LogP contribution < -0.4 is 16.4 Å². The second-order valence-corrected chi connectivity index (χ2v) is 6.08. The quantitative estimate of drug-likeness (QED) is 0.610. The summed E-state index contributed by atoms with van der Waals surface area (Å²) in [7, 11) is 0. The molecule has 1 aliphatic rings. The van der Waals surface area contributed by atoms with Crippen LogP contribution in [0.25, 0.3) is 0 Å². The van der Waals surface area contributed by atoms with Gasteiger partial charge in [-0.3, -0.25) is 14.4 Å². The van der Waals surface area contributed by atoms with Gasteiger partial charge in [0.2, 0.25) is 17.7 Å². The van der Waals surface area contributed by atoms with Crippen molar-refractivity contribution in [2.24, 2.45) is 5.73 Å². The SMILES string of the molecule is NC(=O)[C@H](Cc1ccccc1I)NC(=O)[C@@H]1CCC(=O)N1. The molecule has 112 valence electrons. The largest absolute Gasteiger partial charge is 0.368 e. The number of rotatable bonds is 5. The minimum absolute atomic E-state index is 0.150. The number of carbonyl (C=O) groups is 3. The van der Waals surface area contributed by atoms with Gasteiger partial charge in [0.1, 0.15) is 12.1 Å². The molecule has 1 saturated heterocycles. The number of primary amides is 1. The van der Waals surface area contributed by atoms with Gasteiger partial charge in [0.25, 0.3) is 0 Å². The molecule has 0 radical (unpaired) electrons. The van der Waals surface area contributed by atoms with Crippen LogP contribution in [0, 0.1) is 3.57 Å². The first-order chi connectivity index (χ1) is 9.97. The second-order valence-electron chi connectivity index (χ2n) is 4.92. The highest BCUT2D eigenvalue weighted by atomic mass is 127. The van der Waals surface area contributed by atoms with Crippen LogP contribution in [0.3, 0.4) is 0 Å². The Morgan fingerprint density at radius 2 is 2.14 bits per heavy atom. The highest BCUT2D eigenvalue weighted by molar-refractivity contribution is 14.1. The maximum absolute atomic E-state index is 12.0. The molecule has 0 saturated carbocycles. The lowest BCUT2D eigenvalue weighted by atomic mass is 10.0. The van der Waals surface area contributed by atoms with Gasteiger partial charge in [0.05, 0.1) is 0 Å². The van der Waals surface area contributed by atoms with Crippen molar-refractivity contribution in [1.82, 2.24) is 10.6 Å². The Kier molecular flexibility index (Phi) is 5.16. The van der Waals surface area contributed by atoms with E-state index in [1.807, 2.05) is 24.3 Å². The Bertz CT molecular complexity index is 576. The molecule has 1 aromatic rings. The van der Waals surface area contributed by atoms with Crippen molar-refractivity contribution < 1.29 is 14.4 Å². The van der Waals surface area contributed by atoms with E-state index in [0.29, 0.717) is 19.3 Å². The van der Waals surface area contributed by atoms with Crippen LogP contribution in [0.15, 0.2) is 24.3 Å². The third kappa shape index (κ3) is 4.16. The summed E-state index contributed by atoms with van der Waals surface area (Å²) in [5.41, 5.74) is 6.31. The average Bonchev–Trinajstić information content (AvgIpc) is 2.87. The molecule has 4 N–H and O–H groups in total. The van der Waals surface area contributed by atoms with Crippen LogP contribution in [0.5, 0.6) is 0 Å². The molecular weight excluding hydrogens is 385 g/mol. The van der Waals surface area contributed by atoms with E-state index in [4.69, 9.17) is 5.73 Å². The molecule has 1 aromatic carbocycles. The highest BCUT2D eigenvalue weighted by Crippen LogP contribution is 2.14. The van der Waals surface area contributed by atoms with Crippen molar-refractivity contribution in [3.8, 4) is 0 Å². The van der Waals surface area contributed by atoms with Gasteiger partial charge >= 0.3 is 0 Å². The van der Waals surface area contributed by atoms with Crippen molar-refractivity contribution in [2.45, 2.75) is 31.3 Å². The lowest BCUT2D eigenvalue weighted by Crippen LogP contribution is -2.51. The topological polar surface area (TPSA) is 101 Å². The molecule has 2 atom stereocenters. The Morgan fingerprint density at radius 3 is 2.71 bits per heavy atom. The molecule has 7 heteroatoms. The van der Waals surface area contributed by atoms with E-state index in [2.05, 4.69) is 33.2 Å². The minimum Gasteiger partial charge on any atom is -0.368 e. The summed E-state index contributed by atoms with van der Waals surface area (Å²) in [5, 5.41) is 5.19. The Morgan fingerprint density at radius 1 is 1.43 bits per heavy atom. The molecule has 0 bridgehead atoms. The molecule has 0 spiro atoms. The zero-order valence-corrected chi connectivity index (χ0v) is 13.4. The standard InChI is InChI=1S/C14H16IN3O3/c15-9-4-2-1-3-8(9)7-11(13(16)20)18-14(21)10-5-6-12(19)17-10/h1-4,10-11H,5-7H2,(H2,16,20)(H,17,19)(H,18,21)/t10-,11-/m0/s1. The number of carbonyl (C=O) groups excluding carboxylic acids is 3. The van der Waals surface area contributed by atoms with E-state index in [9.17, 15) is 14.4 Å². The Labute approximate surface area is 136 Å². The lowest BCUT2D eigenvalue weighted by molar-refractivity contribution is -0.129. The van der Waals surface area contributed by atoms with E-state index in [1.54, 1.807) is 0 Å². The fourth-order valence-electron chi connectivity index (χ4n) is 2.19. The molecule has 6 nitrogen and oxygen atoms in total. The minimum atomic E-state index is -0.786. The van der Waals surface area contributed by atoms with Crippen molar-refractivity contribution in [3.63, 3.8) is 0 Å². The number of nitrogens with one attached hydrogen (secondary N) is 2. The van der Waals surface area contributed by atoms with E-state index >= 15 is 0 Å². The zero-order chi connectivity index (χ0) is 15.4. The molecule has 1 heterocycles. The van der Waals surface area contributed by atoms with Gasteiger partial charge in [0, 0.05) is 16.4 Å². The van der Waals surface area contributed by atoms with Gasteiger partial charge < -0.3 is 16.4 Å². The number of benzene rings is 1. The number of amides is 3. The normalized spacial score (nSPS) is 18.9. The molecule has 0 unspecified atom stereocenters. The summed E-state index contributed by atoms with van der Waals surface area (Å²) in [6.45, 7) is 0. The molecule has 1 aliphatic heterocycles. The van der Waals surface area contributed by atoms with Crippen LogP contribution in [0.4, 0.5) is 0 Å². The Balaban J connectivity index is 2.03. The monoisotopic (exact) mass is 401 g/mol. The van der Waals surface area contributed by atoms with Crippen molar-refractivity contribution >= 4 is 40.3 Å². The van der Waals surface area contributed by atoms with Crippen molar-refractivity contribution in [3.05, 3.63) is 33.4 Å². The first-order valence-electron chi connectivity index (χ1n) is 6.60. The van der Waals surface area contributed by atoms with Crippen LogP contribution in [-0.4, -0.2) is 29.8 Å². The van der Waals surface area contributed by atoms with E-state index in [0.717, 1.165) is 9.13 Å². The second kappa shape index (κ2) is 6.88. The zero-order valence-electron chi connectivity index (χ0n) is 11.3. The number of hydrogen-bond donors (Lipinski definition) is 3. The molecule has 0 aromatic heterocycles. The molecule has 3 amide bonds. The van der Waals surface area contributed by atoms with Gasteiger partial charge in [-0.1, -0.05) is 18.2 Å². The first kappa shape index (κ1) is 15.7. The molecule has 0 aliphatic carbocycles. The average molecular weight is 401 g/mol. The summed E-state index contributed by atoms with van der Waals surface area (Å²) < 4.78 is 1.00. The smallest absolute Gasteiger partial charge is 0.243 e. The summed E-state index contributed by atoms with van der Waals surface area (Å²) in [6.07, 6.45) is 1.11. The summed E-state index contributed by atoms with van der Waals surface area (Å²) in [4.78, 5) is 34.7. The number of halogens is 1. The molecular formula is C14H16IN3O3. The van der Waals surface area contributed by atoms with Crippen LogP contribution in [0.1, 0.15) is 18.4 Å². The van der Waals surface area contributed by atoms with Crippen LogP contribution >= 0.6 is 22.6 Å². The van der Waals surface area contributed by atoms with Crippen molar-refractivity contribution in [2.75, 3.05) is 0 Å². The summed E-state index contributed by atoms with van der Waals surface area (Å²) in [6, 6.07) is 6.22. The third-order valence-corrected chi connectivity index (χ3v) is 4.41. The Hall–Kier alpha value is -1.64. The fraction of sp³-hybridized carbons (Fsp3) is 0.357. The summed E-state index contributed by atoms with van der Waals surface area (Å²) in [5.74, 6) is -1.11. The van der Waals surface area contributed by atoms with Gasteiger partial charge in [-0.15, -0.1) is 0 Å². The van der Waals surface area contributed by atoms with Crippen LogP contribution in [-0.2, 0) is 20.8 Å². The molecule has 1 fully saturated rings. The maximum atomic E-state index is 12.0. The number of nitrogens with two attached hydrogens (primary N) is 1. The van der Waals surface area contributed by atoms with Gasteiger partial charge in [-0.2, -0.15) is 0 Å². The summed E-state index contributed by atoms with van der Waals surface area (Å²) >= 11 is 2.17. The third-order valence-electron chi connectivity index (χ3n) is 3.35. The maximum Gasteiger partial charge on any atom is 0.243 e. The molecule has 2 rings (SSSR count). The van der Waals surface area contributed by atoms with E-state index in [1.165, 1.54) is 0 Å². The highest BCUT2D eigenvalue weighted by Gasteiger charge is 2.30. The predicted octanol–water partition coefficient (Wildman–Crippen LogP) is 0.0824. The van der Waals surface area contributed by atoms with E-state index < -0.39 is 18.0 Å². The van der Waals surface area contributed by atoms with Crippen molar-refractivity contribution in [1.29, 1.82) is 0 Å². The number of hydrogen-bond acceptors (Lipinski definition) is 3. The fourth-order valence-corrected chi connectivity index (χ4v) is 2.80. The van der Waals surface area contributed by atoms with Crippen LogP contribution in [0.2, 0.25) is 0 Å². The van der Waals surface area contributed by atoms with E-state index in [-0.39, 0.29) is 11.8 Å². The van der Waals surface area contributed by atoms with Gasteiger partial charge in [-0.25, -0.2) is 0 Å². The van der Waals surface area contributed by atoms with Gasteiger partial charge in [0.15, 0.2) is 0 Å². The molecule has 21 heavy (non-hydrogen) atoms. The lowest BCUT2D eigenvalue weighted by Gasteiger charge is -2.18. The first-order valence-corrected chi connectivity index (χ1v) is 7.67.